The summed E-state index contributed by atoms with van der Waals surface area (Å²) in [6.45, 7) is 1.99. The molecule has 3 nitrogen and oxygen atoms in total. The Hall–Kier alpha value is -2.67. The second-order valence-corrected chi connectivity index (χ2v) is 6.29. The number of nitrogens with one attached hydrogen (secondary N) is 1. The number of aromatic nitrogens is 1. The minimum atomic E-state index is -4.42. The Labute approximate surface area is 146 Å². The van der Waals surface area contributed by atoms with Crippen molar-refractivity contribution in [3.8, 4) is 11.3 Å². The molecule has 1 aromatic heterocycles. The molecule has 128 valence electrons. The Bertz CT molecular complexity index is 884. The van der Waals surface area contributed by atoms with Crippen molar-refractivity contribution in [2.24, 2.45) is 0 Å². The molecule has 0 saturated heterocycles. The number of alkyl halides is 3. The lowest BCUT2D eigenvalue weighted by atomic mass is 10.1. The molecule has 3 aromatic rings. The van der Waals surface area contributed by atoms with Gasteiger partial charge in [0.1, 0.15) is 0 Å². The zero-order chi connectivity index (χ0) is 18.0. The summed E-state index contributed by atoms with van der Waals surface area (Å²) in [6.07, 6.45) is -4.42. The number of carbonyl (C=O) groups is 1. The molecule has 0 unspecified atom stereocenters. The normalized spacial score (nSPS) is 11.4. The summed E-state index contributed by atoms with van der Waals surface area (Å²) < 4.78 is 37.6. The fourth-order valence-electron chi connectivity index (χ4n) is 2.17. The first-order valence-corrected chi connectivity index (χ1v) is 8.22. The summed E-state index contributed by atoms with van der Waals surface area (Å²) in [7, 11) is 0. The van der Waals surface area contributed by atoms with Crippen molar-refractivity contribution in [3.63, 3.8) is 0 Å². The van der Waals surface area contributed by atoms with Crippen LogP contribution in [0.5, 0.6) is 0 Å². The summed E-state index contributed by atoms with van der Waals surface area (Å²) in [4.78, 5) is 16.5. The monoisotopic (exact) mass is 362 g/mol. The molecule has 1 N–H and O–H groups in total. The van der Waals surface area contributed by atoms with Crippen LogP contribution in [-0.4, -0.2) is 10.9 Å². The molecular formula is C18H13F3N2OS. The number of thiazole rings is 1. The van der Waals surface area contributed by atoms with Gasteiger partial charge in [-0.25, -0.2) is 4.98 Å². The number of aryl methyl sites for hydroxylation is 1. The Morgan fingerprint density at radius 3 is 2.28 bits per heavy atom. The average Bonchev–Trinajstić information content (AvgIpc) is 3.03. The van der Waals surface area contributed by atoms with Crippen LogP contribution >= 0.6 is 11.3 Å². The molecule has 0 radical (unpaired) electrons. The molecule has 1 amide bonds. The minimum Gasteiger partial charge on any atom is -0.298 e. The Balaban J connectivity index is 1.72. The summed E-state index contributed by atoms with van der Waals surface area (Å²) >= 11 is 1.26. The van der Waals surface area contributed by atoms with Gasteiger partial charge >= 0.3 is 6.18 Å². The molecule has 0 aliphatic carbocycles. The molecule has 0 bridgehead atoms. The van der Waals surface area contributed by atoms with Crippen LogP contribution in [0.15, 0.2) is 53.9 Å². The zero-order valence-corrected chi connectivity index (χ0v) is 13.9. The number of rotatable bonds is 3. The third-order valence-corrected chi connectivity index (χ3v) is 4.30. The molecular weight excluding hydrogens is 349 g/mol. The van der Waals surface area contributed by atoms with E-state index in [1.807, 2.05) is 36.6 Å². The Kier molecular flexibility index (Phi) is 4.59. The average molecular weight is 362 g/mol. The molecule has 3 rings (SSSR count). The third-order valence-electron chi connectivity index (χ3n) is 3.55. The van der Waals surface area contributed by atoms with Gasteiger partial charge in [-0.15, -0.1) is 11.3 Å². The van der Waals surface area contributed by atoms with E-state index in [9.17, 15) is 18.0 Å². The lowest BCUT2D eigenvalue weighted by Crippen LogP contribution is -2.12. The number of hydrogen-bond acceptors (Lipinski definition) is 3. The van der Waals surface area contributed by atoms with Gasteiger partial charge in [-0.2, -0.15) is 13.2 Å². The van der Waals surface area contributed by atoms with Gasteiger partial charge in [0.05, 0.1) is 11.3 Å². The van der Waals surface area contributed by atoms with E-state index in [1.165, 1.54) is 11.3 Å². The maximum Gasteiger partial charge on any atom is 0.416 e. The number of benzene rings is 2. The van der Waals surface area contributed by atoms with Gasteiger partial charge in [0.15, 0.2) is 5.13 Å². The quantitative estimate of drug-likeness (QED) is 0.679. The lowest BCUT2D eigenvalue weighted by molar-refractivity contribution is -0.137. The summed E-state index contributed by atoms with van der Waals surface area (Å²) in [5.74, 6) is -0.501. The topological polar surface area (TPSA) is 42.0 Å². The third kappa shape index (κ3) is 4.06. The smallest absolute Gasteiger partial charge is 0.298 e. The molecule has 0 fully saturated rings. The summed E-state index contributed by atoms with van der Waals surface area (Å²) in [5.41, 5.74) is 2.14. The van der Waals surface area contributed by atoms with Gasteiger partial charge < -0.3 is 0 Å². The van der Waals surface area contributed by atoms with Crippen molar-refractivity contribution < 1.29 is 18.0 Å². The standard InChI is InChI=1S/C18H13F3N2OS/c1-11-2-4-12(5-3-11)15-10-25-17(22-15)23-16(24)13-6-8-14(9-7-13)18(19,20)21/h2-10H,1H3,(H,22,23,24). The number of anilines is 1. The predicted octanol–water partition coefficient (Wildman–Crippen LogP) is 5.39. The fourth-order valence-corrected chi connectivity index (χ4v) is 2.88. The van der Waals surface area contributed by atoms with Crippen molar-refractivity contribution in [1.82, 2.24) is 4.98 Å². The fraction of sp³-hybridized carbons (Fsp3) is 0.111. The van der Waals surface area contributed by atoms with E-state index in [0.29, 0.717) is 5.13 Å². The van der Waals surface area contributed by atoms with Gasteiger partial charge in [0.25, 0.3) is 5.91 Å². The second-order valence-electron chi connectivity index (χ2n) is 5.43. The molecule has 25 heavy (non-hydrogen) atoms. The van der Waals surface area contributed by atoms with Gasteiger partial charge in [0, 0.05) is 16.5 Å². The number of halogens is 3. The van der Waals surface area contributed by atoms with Gasteiger partial charge in [-0.1, -0.05) is 29.8 Å². The molecule has 0 aliphatic rings. The van der Waals surface area contributed by atoms with Crippen molar-refractivity contribution >= 4 is 22.4 Å². The zero-order valence-electron chi connectivity index (χ0n) is 13.1. The number of carbonyl (C=O) groups excluding carboxylic acids is 1. The van der Waals surface area contributed by atoms with E-state index in [-0.39, 0.29) is 5.56 Å². The van der Waals surface area contributed by atoms with Crippen LogP contribution in [0.25, 0.3) is 11.3 Å². The molecule has 0 saturated carbocycles. The largest absolute Gasteiger partial charge is 0.416 e. The van der Waals surface area contributed by atoms with Gasteiger partial charge in [-0.3, -0.25) is 10.1 Å². The number of hydrogen-bond donors (Lipinski definition) is 1. The van der Waals surface area contributed by atoms with Gasteiger partial charge in [0.2, 0.25) is 0 Å². The van der Waals surface area contributed by atoms with Gasteiger partial charge in [-0.05, 0) is 31.2 Å². The highest BCUT2D eigenvalue weighted by molar-refractivity contribution is 7.14. The Morgan fingerprint density at radius 2 is 1.68 bits per heavy atom. The minimum absolute atomic E-state index is 0.139. The van der Waals surface area contributed by atoms with E-state index in [1.54, 1.807) is 0 Å². The van der Waals surface area contributed by atoms with E-state index in [0.717, 1.165) is 41.1 Å². The first-order chi connectivity index (χ1) is 11.8. The van der Waals surface area contributed by atoms with E-state index in [4.69, 9.17) is 0 Å². The van der Waals surface area contributed by atoms with E-state index >= 15 is 0 Å². The van der Waals surface area contributed by atoms with Crippen LogP contribution in [0.2, 0.25) is 0 Å². The summed E-state index contributed by atoms with van der Waals surface area (Å²) in [5, 5.41) is 4.81. The number of amides is 1. The SMILES string of the molecule is Cc1ccc(-c2csc(NC(=O)c3ccc(C(F)(F)F)cc3)n2)cc1. The highest BCUT2D eigenvalue weighted by Crippen LogP contribution is 2.29. The van der Waals surface area contributed by atoms with Crippen molar-refractivity contribution in [1.29, 1.82) is 0 Å². The van der Waals surface area contributed by atoms with Crippen LogP contribution in [0.3, 0.4) is 0 Å². The summed E-state index contributed by atoms with van der Waals surface area (Å²) in [6, 6.07) is 11.9. The maximum atomic E-state index is 12.5. The van der Waals surface area contributed by atoms with Crippen LogP contribution < -0.4 is 5.32 Å². The Morgan fingerprint density at radius 1 is 1.04 bits per heavy atom. The molecule has 1 heterocycles. The van der Waals surface area contributed by atoms with Crippen molar-refractivity contribution in [2.75, 3.05) is 5.32 Å². The predicted molar refractivity (Wildman–Crippen MR) is 91.7 cm³/mol. The van der Waals surface area contributed by atoms with Crippen LogP contribution in [0.4, 0.5) is 18.3 Å². The lowest BCUT2D eigenvalue weighted by Gasteiger charge is -2.07. The van der Waals surface area contributed by atoms with Crippen LogP contribution in [0, 0.1) is 6.92 Å². The maximum absolute atomic E-state index is 12.5. The van der Waals surface area contributed by atoms with Crippen LogP contribution in [0.1, 0.15) is 21.5 Å². The van der Waals surface area contributed by atoms with Crippen molar-refractivity contribution in [3.05, 3.63) is 70.6 Å². The van der Waals surface area contributed by atoms with E-state index in [2.05, 4.69) is 10.3 Å². The highest BCUT2D eigenvalue weighted by Gasteiger charge is 2.30. The molecule has 0 aliphatic heterocycles. The molecule has 0 spiro atoms. The first-order valence-electron chi connectivity index (χ1n) is 7.34. The molecule has 7 heteroatoms. The van der Waals surface area contributed by atoms with Crippen LogP contribution in [-0.2, 0) is 6.18 Å². The van der Waals surface area contributed by atoms with E-state index < -0.39 is 17.6 Å². The molecule has 2 aromatic carbocycles. The van der Waals surface area contributed by atoms with Crippen molar-refractivity contribution in [2.45, 2.75) is 13.1 Å². The number of nitrogens with zero attached hydrogens (tertiary/aromatic N) is 1. The molecule has 0 atom stereocenters. The second kappa shape index (κ2) is 6.68. The first kappa shape index (κ1) is 17.2. The highest BCUT2D eigenvalue weighted by atomic mass is 32.1.